The van der Waals surface area contributed by atoms with Crippen molar-refractivity contribution in [3.8, 4) is 0 Å². The molecule has 0 bridgehead atoms. The molecule has 27 heavy (non-hydrogen) atoms. The van der Waals surface area contributed by atoms with Crippen molar-refractivity contribution in [3.05, 3.63) is 59.0 Å². The van der Waals surface area contributed by atoms with Crippen LogP contribution in [-0.2, 0) is 13.1 Å². The van der Waals surface area contributed by atoms with Crippen molar-refractivity contribution in [1.82, 2.24) is 15.5 Å². The van der Waals surface area contributed by atoms with Gasteiger partial charge in [-0.05, 0) is 62.5 Å². The van der Waals surface area contributed by atoms with E-state index < -0.39 is 0 Å². The second kappa shape index (κ2) is 10.4. The van der Waals surface area contributed by atoms with Gasteiger partial charge in [-0.15, -0.1) is 0 Å². The predicted molar refractivity (Wildman–Crippen MR) is 111 cm³/mol. The summed E-state index contributed by atoms with van der Waals surface area (Å²) in [6, 6.07) is 12.0. The number of piperidine rings is 1. The highest BCUT2D eigenvalue weighted by Crippen LogP contribution is 2.21. The Balaban J connectivity index is 1.42. The van der Waals surface area contributed by atoms with E-state index in [1.54, 1.807) is 6.26 Å². The van der Waals surface area contributed by atoms with Crippen molar-refractivity contribution >= 4 is 17.6 Å². The molecule has 2 aromatic rings. The Morgan fingerprint density at radius 1 is 1.19 bits per heavy atom. The Morgan fingerprint density at radius 2 is 2.00 bits per heavy atom. The number of nitrogens with zero attached hydrogens (tertiary/aromatic N) is 2. The number of nitrogens with one attached hydrogen (secondary N) is 2. The average molecular weight is 389 g/mol. The minimum Gasteiger partial charge on any atom is -0.467 e. The van der Waals surface area contributed by atoms with Crippen LogP contribution < -0.4 is 10.6 Å². The molecule has 1 aliphatic heterocycles. The largest absolute Gasteiger partial charge is 0.467 e. The highest BCUT2D eigenvalue weighted by Gasteiger charge is 2.20. The molecule has 2 N–H and O–H groups in total. The van der Waals surface area contributed by atoms with Crippen molar-refractivity contribution < 1.29 is 4.42 Å². The van der Waals surface area contributed by atoms with Crippen LogP contribution in [0.25, 0.3) is 0 Å². The zero-order chi connectivity index (χ0) is 18.9. The van der Waals surface area contributed by atoms with Crippen molar-refractivity contribution in [2.45, 2.75) is 32.9 Å². The molecule has 5 nitrogen and oxygen atoms in total. The second-order valence-corrected chi connectivity index (χ2v) is 7.37. The van der Waals surface area contributed by atoms with Crippen molar-refractivity contribution in [1.29, 1.82) is 0 Å². The number of hydrogen-bond donors (Lipinski definition) is 2. The van der Waals surface area contributed by atoms with Crippen LogP contribution in [0.15, 0.2) is 52.1 Å². The van der Waals surface area contributed by atoms with E-state index >= 15 is 0 Å². The van der Waals surface area contributed by atoms with Gasteiger partial charge in [0.25, 0.3) is 0 Å². The lowest BCUT2D eigenvalue weighted by atomic mass is 9.96. The third kappa shape index (κ3) is 6.29. The SMILES string of the molecule is CCNC(=NCc1ccco1)NCC1CCN(Cc2ccccc2Cl)CC1. The van der Waals surface area contributed by atoms with E-state index in [1.807, 2.05) is 24.3 Å². The summed E-state index contributed by atoms with van der Waals surface area (Å²) in [6.07, 6.45) is 4.06. The molecule has 6 heteroatoms. The number of benzene rings is 1. The van der Waals surface area contributed by atoms with Crippen LogP contribution in [0, 0.1) is 5.92 Å². The van der Waals surface area contributed by atoms with E-state index in [0.717, 1.165) is 49.5 Å². The number of furan rings is 1. The van der Waals surface area contributed by atoms with Crippen LogP contribution in [0.4, 0.5) is 0 Å². The Bertz CT molecular complexity index is 709. The Morgan fingerprint density at radius 3 is 2.70 bits per heavy atom. The van der Waals surface area contributed by atoms with Gasteiger partial charge in [-0.25, -0.2) is 4.99 Å². The quantitative estimate of drug-likeness (QED) is 0.558. The molecule has 1 aromatic heterocycles. The van der Waals surface area contributed by atoms with Gasteiger partial charge in [0, 0.05) is 24.7 Å². The van der Waals surface area contributed by atoms with Crippen LogP contribution in [0.5, 0.6) is 0 Å². The fourth-order valence-corrected chi connectivity index (χ4v) is 3.55. The molecule has 146 valence electrons. The minimum atomic E-state index is 0.554. The fourth-order valence-electron chi connectivity index (χ4n) is 3.36. The summed E-state index contributed by atoms with van der Waals surface area (Å²) in [5.41, 5.74) is 1.22. The third-order valence-electron chi connectivity index (χ3n) is 4.93. The summed E-state index contributed by atoms with van der Waals surface area (Å²) in [4.78, 5) is 7.09. The van der Waals surface area contributed by atoms with E-state index in [2.05, 4.69) is 39.6 Å². The Labute approximate surface area is 166 Å². The van der Waals surface area contributed by atoms with E-state index in [-0.39, 0.29) is 0 Å². The first-order valence-corrected chi connectivity index (χ1v) is 10.1. The van der Waals surface area contributed by atoms with Crippen LogP contribution in [-0.4, -0.2) is 37.0 Å². The van der Waals surface area contributed by atoms with Crippen LogP contribution in [0.1, 0.15) is 31.1 Å². The second-order valence-electron chi connectivity index (χ2n) is 6.97. The molecule has 1 fully saturated rings. The Hall–Kier alpha value is -1.98. The van der Waals surface area contributed by atoms with Crippen molar-refractivity contribution in [3.63, 3.8) is 0 Å². The summed E-state index contributed by atoms with van der Waals surface area (Å²) in [6.45, 7) is 7.59. The molecule has 0 atom stereocenters. The van der Waals surface area contributed by atoms with Gasteiger partial charge in [-0.1, -0.05) is 29.8 Å². The number of likely N-dealkylation sites (tertiary alicyclic amines) is 1. The maximum atomic E-state index is 6.29. The summed E-state index contributed by atoms with van der Waals surface area (Å²) >= 11 is 6.29. The zero-order valence-corrected chi connectivity index (χ0v) is 16.7. The van der Waals surface area contributed by atoms with E-state index in [9.17, 15) is 0 Å². The molecule has 0 unspecified atom stereocenters. The first kappa shape index (κ1) is 19.8. The molecule has 1 saturated heterocycles. The van der Waals surface area contributed by atoms with Gasteiger partial charge in [-0.3, -0.25) is 4.90 Å². The normalized spacial score (nSPS) is 16.4. The maximum Gasteiger partial charge on any atom is 0.191 e. The highest BCUT2D eigenvalue weighted by atomic mass is 35.5. The van der Waals surface area contributed by atoms with Gasteiger partial charge in [0.05, 0.1) is 6.26 Å². The molecule has 0 saturated carbocycles. The van der Waals surface area contributed by atoms with Gasteiger partial charge in [0.2, 0.25) is 0 Å². The third-order valence-corrected chi connectivity index (χ3v) is 5.30. The smallest absolute Gasteiger partial charge is 0.191 e. The molecular weight excluding hydrogens is 360 g/mol. The van der Waals surface area contributed by atoms with Crippen molar-refractivity contribution in [2.24, 2.45) is 10.9 Å². The lowest BCUT2D eigenvalue weighted by Gasteiger charge is -2.32. The van der Waals surface area contributed by atoms with Gasteiger partial charge in [-0.2, -0.15) is 0 Å². The molecule has 1 aliphatic rings. The monoisotopic (exact) mass is 388 g/mol. The lowest BCUT2D eigenvalue weighted by Crippen LogP contribution is -2.42. The Kier molecular flexibility index (Phi) is 7.60. The summed E-state index contributed by atoms with van der Waals surface area (Å²) in [7, 11) is 0. The van der Waals surface area contributed by atoms with Gasteiger partial charge >= 0.3 is 0 Å². The first-order valence-electron chi connectivity index (χ1n) is 9.75. The summed E-state index contributed by atoms with van der Waals surface area (Å²) in [5.74, 6) is 2.40. The fraction of sp³-hybridized carbons (Fsp3) is 0.476. The van der Waals surface area contributed by atoms with Gasteiger partial charge in [0.1, 0.15) is 12.3 Å². The first-order chi connectivity index (χ1) is 13.2. The molecule has 0 aliphatic carbocycles. The van der Waals surface area contributed by atoms with E-state index in [0.29, 0.717) is 12.5 Å². The number of halogens is 1. The topological polar surface area (TPSA) is 52.8 Å². The predicted octanol–water partition coefficient (Wildman–Crippen LogP) is 3.90. The highest BCUT2D eigenvalue weighted by molar-refractivity contribution is 6.31. The molecule has 2 heterocycles. The molecule has 3 rings (SSSR count). The van der Waals surface area contributed by atoms with Crippen LogP contribution >= 0.6 is 11.6 Å². The molecule has 0 spiro atoms. The zero-order valence-electron chi connectivity index (χ0n) is 16.0. The number of hydrogen-bond acceptors (Lipinski definition) is 3. The van der Waals surface area contributed by atoms with E-state index in [1.165, 1.54) is 18.4 Å². The van der Waals surface area contributed by atoms with Crippen LogP contribution in [0.3, 0.4) is 0 Å². The van der Waals surface area contributed by atoms with Crippen LogP contribution in [0.2, 0.25) is 5.02 Å². The standard InChI is InChI=1S/C21H29ClN4O/c1-2-23-21(25-15-19-7-5-13-27-19)24-14-17-9-11-26(12-10-17)16-18-6-3-4-8-20(18)22/h3-8,13,17H,2,9-12,14-16H2,1H3,(H2,23,24,25). The van der Waals surface area contributed by atoms with Gasteiger partial charge < -0.3 is 15.1 Å². The summed E-state index contributed by atoms with van der Waals surface area (Å²) in [5, 5.41) is 7.65. The number of guanidine groups is 1. The molecule has 0 radical (unpaired) electrons. The molecular formula is C21H29ClN4O. The number of rotatable bonds is 7. The number of aliphatic imine (C=N–C) groups is 1. The molecule has 0 amide bonds. The molecule has 1 aromatic carbocycles. The van der Waals surface area contributed by atoms with Gasteiger partial charge in [0.15, 0.2) is 5.96 Å². The average Bonchev–Trinajstić information content (AvgIpc) is 3.21. The summed E-state index contributed by atoms with van der Waals surface area (Å²) < 4.78 is 5.35. The van der Waals surface area contributed by atoms with E-state index in [4.69, 9.17) is 16.0 Å². The maximum absolute atomic E-state index is 6.29. The minimum absolute atomic E-state index is 0.554. The van der Waals surface area contributed by atoms with Crippen molar-refractivity contribution in [2.75, 3.05) is 26.2 Å². The lowest BCUT2D eigenvalue weighted by molar-refractivity contribution is 0.178.